The fraction of sp³-hybridized carbons (Fsp3) is 0.846. The minimum absolute atomic E-state index is 0.0668. The molecule has 17 heavy (non-hydrogen) atoms. The van der Waals surface area contributed by atoms with E-state index in [1.807, 2.05) is 18.7 Å². The third-order valence-electron chi connectivity index (χ3n) is 3.55. The van der Waals surface area contributed by atoms with Gasteiger partial charge in [-0.3, -0.25) is 4.79 Å². The van der Waals surface area contributed by atoms with Gasteiger partial charge in [0.1, 0.15) is 18.1 Å². The first-order valence-electron chi connectivity index (χ1n) is 6.51. The molecule has 2 atom stereocenters. The maximum atomic E-state index is 12.2. The van der Waals surface area contributed by atoms with E-state index in [9.17, 15) is 4.79 Å². The minimum Gasteiger partial charge on any atom is -0.376 e. The molecule has 96 valence electrons. The fourth-order valence-corrected chi connectivity index (χ4v) is 2.56. The second-order valence-electron chi connectivity index (χ2n) is 5.60. The first kappa shape index (κ1) is 12.6. The number of rotatable bonds is 2. The molecule has 0 aromatic carbocycles. The molecule has 0 aliphatic carbocycles. The first-order valence-corrected chi connectivity index (χ1v) is 6.51. The Morgan fingerprint density at radius 1 is 1.35 bits per heavy atom. The van der Waals surface area contributed by atoms with Crippen LogP contribution in [-0.2, 0) is 9.53 Å². The Morgan fingerprint density at radius 3 is 2.59 bits per heavy atom. The van der Waals surface area contributed by atoms with E-state index < -0.39 is 0 Å². The first-order chi connectivity index (χ1) is 8.00. The molecule has 0 saturated carbocycles. The molecule has 2 heterocycles. The van der Waals surface area contributed by atoms with Crippen molar-refractivity contribution in [2.75, 3.05) is 19.8 Å². The number of carbonyl (C=O) groups excluding carboxylic acids is 1. The van der Waals surface area contributed by atoms with Crippen molar-refractivity contribution in [2.24, 2.45) is 5.92 Å². The highest BCUT2D eigenvalue weighted by Crippen LogP contribution is 2.20. The fourth-order valence-electron chi connectivity index (χ4n) is 2.56. The van der Waals surface area contributed by atoms with Gasteiger partial charge in [-0.15, -0.1) is 0 Å². The van der Waals surface area contributed by atoms with Crippen LogP contribution in [0, 0.1) is 5.92 Å². The van der Waals surface area contributed by atoms with Gasteiger partial charge in [0.15, 0.2) is 12.8 Å². The molecule has 2 rings (SSSR count). The van der Waals surface area contributed by atoms with Crippen LogP contribution in [0.15, 0.2) is 0 Å². The summed E-state index contributed by atoms with van der Waals surface area (Å²) in [4.78, 5) is 14.3. The van der Waals surface area contributed by atoms with Crippen LogP contribution in [0.1, 0.15) is 27.7 Å². The highest BCUT2D eigenvalue weighted by atomic mass is 16.5. The summed E-state index contributed by atoms with van der Waals surface area (Å²) < 4.78 is 7.91. The van der Waals surface area contributed by atoms with Crippen molar-refractivity contribution in [3.05, 3.63) is 0 Å². The quantitative estimate of drug-likeness (QED) is 0.666. The molecule has 0 aromatic rings. The van der Waals surface area contributed by atoms with Gasteiger partial charge in [0.25, 0.3) is 0 Å². The van der Waals surface area contributed by atoms with Crippen LogP contribution < -0.4 is 0 Å². The van der Waals surface area contributed by atoms with Crippen LogP contribution in [-0.4, -0.2) is 59.5 Å². The largest absolute Gasteiger partial charge is 0.376 e. The zero-order valence-electron chi connectivity index (χ0n) is 11.2. The molecule has 2 bridgehead atoms. The van der Waals surface area contributed by atoms with Gasteiger partial charge in [-0.25, -0.2) is 4.58 Å². The predicted octanol–water partition coefficient (Wildman–Crippen LogP) is 0.744. The van der Waals surface area contributed by atoms with Crippen LogP contribution in [0.3, 0.4) is 0 Å². The molecule has 0 aromatic heterocycles. The summed E-state index contributed by atoms with van der Waals surface area (Å²) in [5.41, 5.74) is 0. The van der Waals surface area contributed by atoms with E-state index in [4.69, 9.17) is 4.74 Å². The maximum absolute atomic E-state index is 12.2. The van der Waals surface area contributed by atoms with Gasteiger partial charge in [0.2, 0.25) is 5.91 Å². The minimum atomic E-state index is 0.0668. The number of amides is 1. The Bertz CT molecular complexity index is 336. The summed E-state index contributed by atoms with van der Waals surface area (Å²) in [6.45, 7) is 10.5. The van der Waals surface area contributed by atoms with E-state index in [0.717, 1.165) is 6.54 Å². The molecule has 2 aliphatic rings. The summed E-state index contributed by atoms with van der Waals surface area (Å²) in [6, 6.07) is 0.838. The Balaban J connectivity index is 2.23. The van der Waals surface area contributed by atoms with Crippen molar-refractivity contribution in [1.82, 2.24) is 4.90 Å². The molecule has 1 saturated heterocycles. The van der Waals surface area contributed by atoms with Gasteiger partial charge in [-0.1, -0.05) is 13.8 Å². The van der Waals surface area contributed by atoms with Crippen molar-refractivity contribution >= 4 is 12.1 Å². The predicted molar refractivity (Wildman–Crippen MR) is 66.4 cm³/mol. The van der Waals surface area contributed by atoms with Crippen molar-refractivity contribution in [3.8, 4) is 0 Å². The van der Waals surface area contributed by atoms with Gasteiger partial charge in [0, 0.05) is 5.92 Å². The summed E-state index contributed by atoms with van der Waals surface area (Å²) in [5, 5.41) is 0. The Kier molecular flexibility index (Phi) is 3.52. The highest BCUT2D eigenvalue weighted by molar-refractivity contribution is 5.82. The van der Waals surface area contributed by atoms with Gasteiger partial charge < -0.3 is 9.64 Å². The number of fused-ring (bicyclic) bond motifs is 2. The molecule has 2 aliphatic heterocycles. The third-order valence-corrected chi connectivity index (χ3v) is 3.55. The van der Waals surface area contributed by atoms with E-state index in [1.165, 1.54) is 0 Å². The van der Waals surface area contributed by atoms with E-state index in [2.05, 4.69) is 24.6 Å². The highest BCUT2D eigenvalue weighted by Gasteiger charge is 2.42. The lowest BCUT2D eigenvalue weighted by Crippen LogP contribution is -2.63. The molecule has 0 radical (unpaired) electrons. The van der Waals surface area contributed by atoms with Crippen molar-refractivity contribution in [1.29, 1.82) is 0 Å². The average molecular weight is 239 g/mol. The summed E-state index contributed by atoms with van der Waals surface area (Å²) in [5.74, 6) is 0.319. The van der Waals surface area contributed by atoms with Gasteiger partial charge >= 0.3 is 0 Å². The van der Waals surface area contributed by atoms with E-state index in [0.29, 0.717) is 19.3 Å². The SMILES string of the molecule is CC(C)C(=O)N1C2C=[N+](C(C)C)CC1COC2. The summed E-state index contributed by atoms with van der Waals surface area (Å²) in [7, 11) is 0. The Hall–Kier alpha value is -0.900. The van der Waals surface area contributed by atoms with Crippen molar-refractivity contribution in [2.45, 2.75) is 45.8 Å². The van der Waals surface area contributed by atoms with Gasteiger partial charge in [-0.2, -0.15) is 0 Å². The van der Waals surface area contributed by atoms with Gasteiger partial charge in [0.05, 0.1) is 13.2 Å². The smallest absolute Gasteiger partial charge is 0.226 e. The molecule has 1 fully saturated rings. The number of nitrogens with zero attached hydrogens (tertiary/aromatic N) is 2. The second-order valence-corrected chi connectivity index (χ2v) is 5.60. The second kappa shape index (κ2) is 4.77. The molecule has 0 spiro atoms. The van der Waals surface area contributed by atoms with Crippen LogP contribution in [0.2, 0.25) is 0 Å². The van der Waals surface area contributed by atoms with Crippen LogP contribution in [0.25, 0.3) is 0 Å². The van der Waals surface area contributed by atoms with Crippen LogP contribution >= 0.6 is 0 Å². The number of ether oxygens (including phenoxy) is 1. The van der Waals surface area contributed by atoms with Crippen molar-refractivity contribution in [3.63, 3.8) is 0 Å². The summed E-state index contributed by atoms with van der Waals surface area (Å²) in [6.07, 6.45) is 2.17. The van der Waals surface area contributed by atoms with E-state index >= 15 is 0 Å². The Morgan fingerprint density at radius 2 is 2.06 bits per heavy atom. The molecular formula is C13H23N2O2+. The number of carbonyl (C=O) groups is 1. The molecule has 4 nitrogen and oxygen atoms in total. The monoisotopic (exact) mass is 239 g/mol. The topological polar surface area (TPSA) is 32.5 Å². The van der Waals surface area contributed by atoms with Crippen molar-refractivity contribution < 1.29 is 14.1 Å². The number of morpholine rings is 1. The molecule has 4 heteroatoms. The lowest BCUT2D eigenvalue weighted by molar-refractivity contribution is -0.568. The zero-order chi connectivity index (χ0) is 12.6. The van der Waals surface area contributed by atoms with Crippen LogP contribution in [0.4, 0.5) is 0 Å². The molecular weight excluding hydrogens is 216 g/mol. The number of hydrogen-bond acceptors (Lipinski definition) is 2. The third kappa shape index (κ3) is 2.37. The van der Waals surface area contributed by atoms with Gasteiger partial charge in [-0.05, 0) is 13.8 Å². The molecule has 0 N–H and O–H groups in total. The lowest BCUT2D eigenvalue weighted by Gasteiger charge is -2.42. The normalized spacial score (nSPS) is 28.6. The Labute approximate surface area is 103 Å². The number of hydrogen-bond donors (Lipinski definition) is 0. The molecule has 1 amide bonds. The van der Waals surface area contributed by atoms with Crippen LogP contribution in [0.5, 0.6) is 0 Å². The standard InChI is InChI=1S/C13H23N2O2/c1-9(2)13(16)15-11-5-14(10(3)4)6-12(15)8-17-7-11/h5,9-12H,6-8H2,1-4H3/q+1. The molecule has 2 unspecified atom stereocenters. The maximum Gasteiger partial charge on any atom is 0.226 e. The van der Waals surface area contributed by atoms with E-state index in [1.54, 1.807) is 0 Å². The summed E-state index contributed by atoms with van der Waals surface area (Å²) >= 11 is 0. The average Bonchev–Trinajstić information content (AvgIpc) is 2.25. The lowest BCUT2D eigenvalue weighted by atomic mass is 10.0. The van der Waals surface area contributed by atoms with E-state index in [-0.39, 0.29) is 23.9 Å². The zero-order valence-corrected chi connectivity index (χ0v) is 11.2.